The number of aromatic hydroxyl groups is 1. The van der Waals surface area contributed by atoms with Crippen LogP contribution >= 0.6 is 0 Å². The molecular weight excluding hydrogens is 385 g/mol. The van der Waals surface area contributed by atoms with Crippen LogP contribution in [0.5, 0.6) is 5.75 Å². The van der Waals surface area contributed by atoms with Gasteiger partial charge in [0.05, 0.1) is 6.54 Å². The highest BCUT2D eigenvalue weighted by Crippen LogP contribution is 2.29. The van der Waals surface area contributed by atoms with Crippen LogP contribution in [0.15, 0.2) is 46.6 Å². The van der Waals surface area contributed by atoms with Gasteiger partial charge in [-0.1, -0.05) is 12.1 Å². The maximum Gasteiger partial charge on any atom is 0.490 e. The number of phenolic OH excluding ortho intramolecular Hbond substituents is 1. The number of azo groups is 1. The molecular formula is C15H15F3N6O4. The fraction of sp³-hybridized carbons (Fsp3) is 0.133. The molecule has 0 unspecified atom stereocenters. The number of alkyl halides is 3. The van der Waals surface area contributed by atoms with Gasteiger partial charge in [-0.05, 0) is 24.3 Å². The Morgan fingerprint density at radius 3 is 2.18 bits per heavy atom. The van der Waals surface area contributed by atoms with E-state index in [1.807, 2.05) is 0 Å². The van der Waals surface area contributed by atoms with Crippen molar-refractivity contribution in [2.24, 2.45) is 16.0 Å². The summed E-state index contributed by atoms with van der Waals surface area (Å²) in [5.41, 5.74) is 11.6. The summed E-state index contributed by atoms with van der Waals surface area (Å²) in [4.78, 5) is 24.0. The van der Waals surface area contributed by atoms with Gasteiger partial charge < -0.3 is 27.0 Å². The van der Waals surface area contributed by atoms with Gasteiger partial charge in [0.25, 0.3) is 0 Å². The molecule has 0 aliphatic carbocycles. The van der Waals surface area contributed by atoms with Crippen LogP contribution in [0, 0.1) is 0 Å². The summed E-state index contributed by atoms with van der Waals surface area (Å²) < 4.78 is 31.7. The number of rotatable bonds is 4. The van der Waals surface area contributed by atoms with Gasteiger partial charge in [-0.2, -0.15) is 13.2 Å². The molecule has 1 aromatic carbocycles. The molecule has 1 heterocycles. The first-order valence-electron chi connectivity index (χ1n) is 7.31. The van der Waals surface area contributed by atoms with Crippen LogP contribution in [0.2, 0.25) is 0 Å². The number of pyridine rings is 1. The van der Waals surface area contributed by atoms with E-state index in [0.717, 1.165) is 0 Å². The van der Waals surface area contributed by atoms with Crippen molar-refractivity contribution in [3.8, 4) is 5.75 Å². The minimum absolute atomic E-state index is 0.0135. The molecule has 13 heteroatoms. The third kappa shape index (κ3) is 7.25. The largest absolute Gasteiger partial charge is 0.506 e. The highest BCUT2D eigenvalue weighted by atomic mass is 19.4. The molecule has 0 spiro atoms. The Balaban J connectivity index is 0.000000480. The van der Waals surface area contributed by atoms with Crippen molar-refractivity contribution in [1.82, 2.24) is 4.98 Å². The van der Waals surface area contributed by atoms with Crippen LogP contribution in [-0.4, -0.2) is 39.8 Å². The number of carbonyl (C=O) groups excluding carboxylic acids is 1. The molecule has 0 saturated heterocycles. The molecule has 1 amide bonds. The number of phenols is 1. The fourth-order valence-corrected chi connectivity index (χ4v) is 1.47. The van der Waals surface area contributed by atoms with Crippen molar-refractivity contribution in [3.63, 3.8) is 0 Å². The van der Waals surface area contributed by atoms with Gasteiger partial charge in [0, 0.05) is 0 Å². The number of hydrogen-bond acceptors (Lipinski definition) is 8. The van der Waals surface area contributed by atoms with Crippen molar-refractivity contribution in [3.05, 3.63) is 36.4 Å². The number of nitrogens with one attached hydrogen (secondary N) is 1. The second-order valence-electron chi connectivity index (χ2n) is 4.84. The minimum atomic E-state index is -5.08. The Morgan fingerprint density at radius 1 is 1.11 bits per heavy atom. The molecule has 0 radical (unpaired) electrons. The Hall–Kier alpha value is -3.74. The molecule has 10 nitrogen and oxygen atoms in total. The number of benzene rings is 1. The van der Waals surface area contributed by atoms with Crippen LogP contribution in [-0.2, 0) is 9.59 Å². The van der Waals surface area contributed by atoms with Gasteiger partial charge in [-0.25, -0.2) is 9.78 Å². The molecule has 2 rings (SSSR count). The number of halogens is 3. The van der Waals surface area contributed by atoms with Crippen molar-refractivity contribution in [1.29, 1.82) is 0 Å². The van der Waals surface area contributed by atoms with Gasteiger partial charge in [0.2, 0.25) is 5.91 Å². The zero-order valence-corrected chi connectivity index (χ0v) is 14.0. The number of para-hydroxylation sites is 1. The molecule has 0 saturated carbocycles. The summed E-state index contributed by atoms with van der Waals surface area (Å²) in [5, 5.41) is 27.0. The average Bonchev–Trinajstić information content (AvgIpc) is 2.62. The first kappa shape index (κ1) is 22.3. The number of carboxylic acid groups (broad SMARTS) is 1. The lowest BCUT2D eigenvalue weighted by molar-refractivity contribution is -0.192. The second kappa shape index (κ2) is 9.82. The molecule has 0 fully saturated rings. The van der Waals surface area contributed by atoms with E-state index in [1.165, 1.54) is 12.1 Å². The normalized spacial score (nSPS) is 10.9. The summed E-state index contributed by atoms with van der Waals surface area (Å²) >= 11 is 0. The molecule has 150 valence electrons. The number of carbonyl (C=O) groups is 2. The van der Waals surface area contributed by atoms with Gasteiger partial charge in [0.1, 0.15) is 22.9 Å². The number of hydrogen-bond donors (Lipinski definition) is 5. The van der Waals surface area contributed by atoms with E-state index in [-0.39, 0.29) is 29.8 Å². The Bertz CT molecular complexity index is 873. The topological polar surface area (TPSA) is 176 Å². The quantitative estimate of drug-likeness (QED) is 0.489. The lowest BCUT2D eigenvalue weighted by Crippen LogP contribution is -2.22. The standard InChI is InChI=1S/C13H14N6O2.C2HF3O2/c14-7-12(21)16-11-6-5-9(13(15)17-11)19-18-8-3-1-2-4-10(8)20;3-2(4,5)1(6)7/h1-6,20H,7,14H2,(H3,15,16,17,21);(H,6,7)/b19-18+;. The molecule has 28 heavy (non-hydrogen) atoms. The number of amides is 1. The number of carboxylic acids is 1. The second-order valence-corrected chi connectivity index (χ2v) is 4.84. The third-order valence-corrected chi connectivity index (χ3v) is 2.74. The monoisotopic (exact) mass is 400 g/mol. The van der Waals surface area contributed by atoms with Crippen molar-refractivity contribution in [2.75, 3.05) is 17.6 Å². The van der Waals surface area contributed by atoms with Crippen LogP contribution in [0.3, 0.4) is 0 Å². The SMILES string of the molecule is NCC(=O)Nc1ccc(/N=N/c2ccccc2O)c(N)n1.O=C(O)C(F)(F)F. The Kier molecular flexibility index (Phi) is 7.82. The van der Waals surface area contributed by atoms with Crippen molar-refractivity contribution >= 4 is 34.9 Å². The molecule has 7 N–H and O–H groups in total. The van der Waals surface area contributed by atoms with E-state index in [0.29, 0.717) is 11.4 Å². The third-order valence-electron chi connectivity index (χ3n) is 2.74. The van der Waals surface area contributed by atoms with Gasteiger partial charge in [-0.15, -0.1) is 10.2 Å². The number of nitrogen functional groups attached to an aromatic ring is 1. The fourth-order valence-electron chi connectivity index (χ4n) is 1.47. The molecule has 0 aliphatic heterocycles. The zero-order chi connectivity index (χ0) is 21.3. The van der Waals surface area contributed by atoms with Crippen LogP contribution in [0.1, 0.15) is 0 Å². The smallest absolute Gasteiger partial charge is 0.490 e. The predicted molar refractivity (Wildman–Crippen MR) is 92.3 cm³/mol. The first-order valence-corrected chi connectivity index (χ1v) is 7.31. The predicted octanol–water partition coefficient (Wildman–Crippen LogP) is 2.32. The summed E-state index contributed by atoms with van der Waals surface area (Å²) in [5.74, 6) is -2.73. The lowest BCUT2D eigenvalue weighted by atomic mass is 10.3. The molecule has 0 atom stereocenters. The molecule has 0 bridgehead atoms. The Morgan fingerprint density at radius 2 is 1.68 bits per heavy atom. The van der Waals surface area contributed by atoms with Crippen molar-refractivity contribution < 1.29 is 33.0 Å². The van der Waals surface area contributed by atoms with E-state index in [1.54, 1.807) is 24.3 Å². The van der Waals surface area contributed by atoms with E-state index < -0.39 is 12.1 Å². The van der Waals surface area contributed by atoms with Gasteiger partial charge in [0.15, 0.2) is 5.82 Å². The first-order chi connectivity index (χ1) is 13.0. The number of anilines is 2. The Labute approximate surface area is 155 Å². The maximum absolute atomic E-state index is 11.1. The van der Waals surface area contributed by atoms with Gasteiger partial charge >= 0.3 is 12.1 Å². The lowest BCUT2D eigenvalue weighted by Gasteiger charge is -2.04. The van der Waals surface area contributed by atoms with Gasteiger partial charge in [-0.3, -0.25) is 4.79 Å². The zero-order valence-electron chi connectivity index (χ0n) is 14.0. The minimum Gasteiger partial charge on any atom is -0.506 e. The molecule has 1 aromatic heterocycles. The van der Waals surface area contributed by atoms with Crippen LogP contribution < -0.4 is 16.8 Å². The highest BCUT2D eigenvalue weighted by molar-refractivity contribution is 5.91. The van der Waals surface area contributed by atoms with E-state index in [9.17, 15) is 23.1 Å². The maximum atomic E-state index is 11.1. The average molecular weight is 400 g/mol. The summed E-state index contributed by atoms with van der Waals surface area (Å²) in [7, 11) is 0. The van der Waals surface area contributed by atoms with E-state index in [4.69, 9.17) is 21.4 Å². The number of aliphatic carboxylic acids is 1. The summed E-state index contributed by atoms with van der Waals surface area (Å²) in [6.45, 7) is -0.143. The highest BCUT2D eigenvalue weighted by Gasteiger charge is 2.38. The van der Waals surface area contributed by atoms with E-state index in [2.05, 4.69) is 20.5 Å². The number of nitrogens with two attached hydrogens (primary N) is 2. The van der Waals surface area contributed by atoms with Crippen molar-refractivity contribution in [2.45, 2.75) is 6.18 Å². The number of nitrogens with zero attached hydrogens (tertiary/aromatic N) is 3. The van der Waals surface area contributed by atoms with Crippen LogP contribution in [0.25, 0.3) is 0 Å². The van der Waals surface area contributed by atoms with Crippen LogP contribution in [0.4, 0.5) is 36.2 Å². The van der Waals surface area contributed by atoms with E-state index >= 15 is 0 Å². The molecule has 2 aromatic rings. The molecule has 0 aliphatic rings. The summed E-state index contributed by atoms with van der Waals surface area (Å²) in [6, 6.07) is 9.60. The summed E-state index contributed by atoms with van der Waals surface area (Å²) in [6.07, 6.45) is -5.08. The number of aromatic nitrogens is 1.